The number of amides is 3. The monoisotopic (exact) mass is 378 g/mol. The smallest absolute Gasteiger partial charge is 0.294 e. The molecule has 0 radical (unpaired) electrons. The van der Waals surface area contributed by atoms with Gasteiger partial charge in [-0.05, 0) is 29.8 Å². The van der Waals surface area contributed by atoms with Crippen LogP contribution in [0.4, 0.5) is 4.79 Å². The maximum absolute atomic E-state index is 12.5. The third-order valence-corrected chi connectivity index (χ3v) is 4.51. The number of para-hydroxylation sites is 1. The molecule has 3 amide bonds. The Bertz CT molecular complexity index is 745. The van der Waals surface area contributed by atoms with Gasteiger partial charge in [-0.1, -0.05) is 26.0 Å². The van der Waals surface area contributed by atoms with E-state index in [1.807, 2.05) is 13.8 Å². The molecule has 0 saturated carbocycles. The molecule has 1 saturated heterocycles. The average molecular weight is 378 g/mol. The Balaban J connectivity index is 2.18. The quantitative estimate of drug-likeness (QED) is 0.734. The van der Waals surface area contributed by atoms with Gasteiger partial charge >= 0.3 is 0 Å². The Morgan fingerprint density at radius 3 is 2.62 bits per heavy atom. The van der Waals surface area contributed by atoms with Gasteiger partial charge in [0.05, 0.1) is 19.1 Å². The number of nitrogens with one attached hydrogen (secondary N) is 1. The fraction of sp³-hybridized carbons (Fsp3) is 0.389. The maximum Gasteiger partial charge on any atom is 0.294 e. The van der Waals surface area contributed by atoms with Gasteiger partial charge in [0.1, 0.15) is 6.54 Å². The Morgan fingerprint density at radius 2 is 2.00 bits per heavy atom. The van der Waals surface area contributed by atoms with Gasteiger partial charge in [0, 0.05) is 12.1 Å². The molecule has 0 unspecified atom stereocenters. The minimum Gasteiger partial charge on any atom is -0.493 e. The number of imide groups is 1. The van der Waals surface area contributed by atoms with Crippen molar-refractivity contribution in [3.8, 4) is 11.5 Å². The van der Waals surface area contributed by atoms with E-state index in [1.54, 1.807) is 24.3 Å². The summed E-state index contributed by atoms with van der Waals surface area (Å²) in [6.07, 6.45) is 1.57. The van der Waals surface area contributed by atoms with Crippen LogP contribution in [0, 0.1) is 5.92 Å². The second kappa shape index (κ2) is 8.75. The third-order valence-electron chi connectivity index (χ3n) is 3.60. The lowest BCUT2D eigenvalue weighted by Gasteiger charge is -2.13. The molecule has 1 fully saturated rings. The summed E-state index contributed by atoms with van der Waals surface area (Å²) >= 11 is 0.798. The molecule has 2 rings (SSSR count). The van der Waals surface area contributed by atoms with Crippen molar-refractivity contribution in [2.45, 2.75) is 13.8 Å². The first kappa shape index (κ1) is 19.8. The molecule has 26 heavy (non-hydrogen) atoms. The molecule has 1 aromatic rings. The maximum atomic E-state index is 12.5. The van der Waals surface area contributed by atoms with Gasteiger partial charge in [0.15, 0.2) is 11.5 Å². The van der Waals surface area contributed by atoms with E-state index in [1.165, 1.54) is 14.2 Å². The number of hydrogen-bond donors (Lipinski definition) is 1. The van der Waals surface area contributed by atoms with Crippen LogP contribution in [0.5, 0.6) is 11.5 Å². The Morgan fingerprint density at radius 1 is 1.27 bits per heavy atom. The van der Waals surface area contributed by atoms with Gasteiger partial charge in [-0.3, -0.25) is 19.3 Å². The number of methoxy groups -OCH3 is 2. The first-order chi connectivity index (χ1) is 12.4. The SMILES string of the molecule is COc1cccc(/C=C2\SC(=O)N(CC(=O)NCC(C)C)C2=O)c1OC. The van der Waals surface area contributed by atoms with Crippen molar-refractivity contribution >= 4 is 34.9 Å². The van der Waals surface area contributed by atoms with Gasteiger partial charge in [-0.25, -0.2) is 0 Å². The molecule has 7 nitrogen and oxygen atoms in total. The number of benzene rings is 1. The summed E-state index contributed by atoms with van der Waals surface area (Å²) < 4.78 is 10.6. The van der Waals surface area contributed by atoms with E-state index in [4.69, 9.17) is 9.47 Å². The van der Waals surface area contributed by atoms with Crippen LogP contribution >= 0.6 is 11.8 Å². The summed E-state index contributed by atoms with van der Waals surface area (Å²) in [6.45, 7) is 4.13. The van der Waals surface area contributed by atoms with E-state index >= 15 is 0 Å². The molecule has 0 bridgehead atoms. The Kier molecular flexibility index (Phi) is 6.68. The number of thioether (sulfide) groups is 1. The zero-order valence-electron chi connectivity index (χ0n) is 15.2. The molecule has 1 heterocycles. The fourth-order valence-corrected chi connectivity index (χ4v) is 3.15. The van der Waals surface area contributed by atoms with Gasteiger partial charge in [-0.15, -0.1) is 0 Å². The lowest BCUT2D eigenvalue weighted by atomic mass is 10.1. The first-order valence-electron chi connectivity index (χ1n) is 8.10. The normalized spacial score (nSPS) is 15.7. The topological polar surface area (TPSA) is 84.9 Å². The van der Waals surface area contributed by atoms with Crippen LogP contribution < -0.4 is 14.8 Å². The van der Waals surface area contributed by atoms with E-state index in [9.17, 15) is 14.4 Å². The summed E-state index contributed by atoms with van der Waals surface area (Å²) in [5.74, 6) is 0.421. The lowest BCUT2D eigenvalue weighted by Crippen LogP contribution is -2.40. The van der Waals surface area contributed by atoms with Crippen molar-refractivity contribution < 1.29 is 23.9 Å². The molecule has 0 aromatic heterocycles. The summed E-state index contributed by atoms with van der Waals surface area (Å²) in [4.78, 5) is 37.7. The fourth-order valence-electron chi connectivity index (χ4n) is 2.32. The van der Waals surface area contributed by atoms with Crippen LogP contribution in [0.15, 0.2) is 23.1 Å². The van der Waals surface area contributed by atoms with Crippen LogP contribution in [0.1, 0.15) is 19.4 Å². The van der Waals surface area contributed by atoms with Crippen molar-refractivity contribution in [1.82, 2.24) is 10.2 Å². The Labute approximate surface area is 156 Å². The van der Waals surface area contributed by atoms with Gasteiger partial charge in [0.25, 0.3) is 11.1 Å². The van der Waals surface area contributed by atoms with Crippen LogP contribution in [0.2, 0.25) is 0 Å². The summed E-state index contributed by atoms with van der Waals surface area (Å²) in [6, 6.07) is 5.25. The molecule has 1 aromatic carbocycles. The molecular weight excluding hydrogens is 356 g/mol. The van der Waals surface area contributed by atoms with Crippen molar-refractivity contribution in [2.75, 3.05) is 27.3 Å². The molecule has 0 spiro atoms. The molecule has 0 aliphatic carbocycles. The molecule has 1 aliphatic heterocycles. The number of rotatable bonds is 7. The first-order valence-corrected chi connectivity index (χ1v) is 8.92. The average Bonchev–Trinajstić information content (AvgIpc) is 2.87. The zero-order chi connectivity index (χ0) is 19.3. The highest BCUT2D eigenvalue weighted by atomic mass is 32.2. The largest absolute Gasteiger partial charge is 0.493 e. The third kappa shape index (κ3) is 4.57. The molecule has 1 N–H and O–H groups in total. The van der Waals surface area contributed by atoms with E-state index in [-0.39, 0.29) is 23.3 Å². The predicted molar refractivity (Wildman–Crippen MR) is 100 cm³/mol. The molecule has 0 atom stereocenters. The van der Waals surface area contributed by atoms with Crippen molar-refractivity contribution in [3.63, 3.8) is 0 Å². The van der Waals surface area contributed by atoms with E-state index in [0.717, 1.165) is 16.7 Å². The standard InChI is InChI=1S/C18H22N2O5S/c1-11(2)9-19-15(21)10-20-17(22)14(26-18(20)23)8-12-6-5-7-13(24-3)16(12)25-4/h5-8,11H,9-10H2,1-4H3,(H,19,21)/b14-8-. The lowest BCUT2D eigenvalue weighted by molar-refractivity contribution is -0.129. The molecule has 140 valence electrons. The Hall–Kier alpha value is -2.48. The van der Waals surface area contributed by atoms with Gasteiger partial charge < -0.3 is 14.8 Å². The van der Waals surface area contributed by atoms with Crippen molar-refractivity contribution in [2.24, 2.45) is 5.92 Å². The molecule has 8 heteroatoms. The van der Waals surface area contributed by atoms with Crippen LogP contribution in [0.3, 0.4) is 0 Å². The van der Waals surface area contributed by atoms with Crippen LogP contribution in [-0.4, -0.2) is 49.3 Å². The van der Waals surface area contributed by atoms with Gasteiger partial charge in [0.2, 0.25) is 5.91 Å². The van der Waals surface area contributed by atoms with Crippen LogP contribution in [0.25, 0.3) is 6.08 Å². The number of ether oxygens (including phenoxy) is 2. The highest BCUT2D eigenvalue weighted by molar-refractivity contribution is 8.18. The molecular formula is C18H22N2O5S. The summed E-state index contributed by atoms with van der Waals surface area (Å²) in [7, 11) is 3.02. The summed E-state index contributed by atoms with van der Waals surface area (Å²) in [5, 5.41) is 2.23. The van der Waals surface area contributed by atoms with Crippen molar-refractivity contribution in [1.29, 1.82) is 0 Å². The van der Waals surface area contributed by atoms with Crippen LogP contribution in [-0.2, 0) is 9.59 Å². The summed E-state index contributed by atoms with van der Waals surface area (Å²) in [5.41, 5.74) is 0.613. The zero-order valence-corrected chi connectivity index (χ0v) is 16.0. The minimum atomic E-state index is -0.496. The molecule has 1 aliphatic rings. The second-order valence-corrected chi connectivity index (χ2v) is 7.04. The number of nitrogens with zero attached hydrogens (tertiary/aromatic N) is 1. The number of carbonyl (C=O) groups excluding carboxylic acids is 3. The van der Waals surface area contributed by atoms with E-state index < -0.39 is 11.1 Å². The highest BCUT2D eigenvalue weighted by Gasteiger charge is 2.36. The van der Waals surface area contributed by atoms with Crippen molar-refractivity contribution in [3.05, 3.63) is 28.7 Å². The van der Waals surface area contributed by atoms with Gasteiger partial charge in [-0.2, -0.15) is 0 Å². The highest BCUT2D eigenvalue weighted by Crippen LogP contribution is 2.37. The second-order valence-electron chi connectivity index (χ2n) is 6.05. The number of carbonyl (C=O) groups is 3. The predicted octanol–water partition coefficient (Wildman–Crippen LogP) is 2.51. The van der Waals surface area contributed by atoms with E-state index in [0.29, 0.717) is 23.6 Å². The van der Waals surface area contributed by atoms with E-state index in [2.05, 4.69) is 5.32 Å². The minimum absolute atomic E-state index is 0.234. The number of hydrogen-bond acceptors (Lipinski definition) is 6.